The predicted molar refractivity (Wildman–Crippen MR) is 51.2 cm³/mol. The summed E-state index contributed by atoms with van der Waals surface area (Å²) in [5.41, 5.74) is 0. The van der Waals surface area contributed by atoms with Gasteiger partial charge in [-0.1, -0.05) is 22.6 Å². The van der Waals surface area contributed by atoms with E-state index in [1.807, 2.05) is 0 Å². The molecule has 98 valence electrons. The van der Waals surface area contributed by atoms with Crippen molar-refractivity contribution in [1.82, 2.24) is 0 Å². The summed E-state index contributed by atoms with van der Waals surface area (Å²) in [6.07, 6.45) is -17.1. The summed E-state index contributed by atoms with van der Waals surface area (Å²) in [6.45, 7) is 0.792. The lowest BCUT2D eigenvalue weighted by Crippen LogP contribution is -2.48. The van der Waals surface area contributed by atoms with Crippen molar-refractivity contribution < 1.29 is 36.6 Å². The zero-order chi connectivity index (χ0) is 13.4. The fourth-order valence-corrected chi connectivity index (χ4v) is 1.72. The third-order valence-electron chi connectivity index (χ3n) is 1.85. The first-order chi connectivity index (χ1) is 6.78. The van der Waals surface area contributed by atoms with Crippen LogP contribution in [0, 0.1) is 0 Å². The Bertz CT molecular complexity index is 236. The first kappa shape index (κ1) is 16.2. The van der Waals surface area contributed by atoms with Crippen LogP contribution in [0.4, 0.5) is 26.3 Å². The molecule has 0 bridgehead atoms. The smallest absolute Gasteiger partial charge is 0.384 e. The molecule has 0 saturated carbocycles. The van der Waals surface area contributed by atoms with Gasteiger partial charge < -0.3 is 10.2 Å². The number of hydrogen-bond acceptors (Lipinski definition) is 2. The number of rotatable bonds is 3. The van der Waals surface area contributed by atoms with Crippen molar-refractivity contribution >= 4 is 22.6 Å². The number of aliphatic hydroxyl groups is 2. The maximum Gasteiger partial charge on any atom is 0.415 e. The SMILES string of the molecule is CC(I)(CC(O)C(F)(F)F)C(O)C(F)(F)F. The lowest BCUT2D eigenvalue weighted by atomic mass is 9.96. The van der Waals surface area contributed by atoms with E-state index in [-0.39, 0.29) is 0 Å². The summed E-state index contributed by atoms with van der Waals surface area (Å²) in [4.78, 5) is 0. The Labute approximate surface area is 101 Å². The van der Waals surface area contributed by atoms with Crippen molar-refractivity contribution in [1.29, 1.82) is 0 Å². The van der Waals surface area contributed by atoms with Gasteiger partial charge in [0, 0.05) is 0 Å². The number of halogens is 7. The van der Waals surface area contributed by atoms with E-state index in [1.54, 1.807) is 0 Å². The quantitative estimate of drug-likeness (QED) is 0.458. The maximum atomic E-state index is 12.1. The first-order valence-corrected chi connectivity index (χ1v) is 5.05. The van der Waals surface area contributed by atoms with Gasteiger partial charge in [0.2, 0.25) is 0 Å². The van der Waals surface area contributed by atoms with Crippen LogP contribution in [0.2, 0.25) is 0 Å². The Hall–Kier alpha value is 0.230. The number of aliphatic hydroxyl groups excluding tert-OH is 2. The van der Waals surface area contributed by atoms with E-state index in [9.17, 15) is 26.3 Å². The molecule has 0 amide bonds. The van der Waals surface area contributed by atoms with Crippen molar-refractivity contribution in [2.45, 2.75) is 41.3 Å². The molecule has 16 heavy (non-hydrogen) atoms. The van der Waals surface area contributed by atoms with Crippen molar-refractivity contribution in [3.05, 3.63) is 0 Å². The van der Waals surface area contributed by atoms with Gasteiger partial charge in [0.05, 0.1) is 3.42 Å². The Balaban J connectivity index is 4.70. The summed E-state index contributed by atoms with van der Waals surface area (Å²) in [5, 5.41) is 17.4. The maximum absolute atomic E-state index is 12.1. The van der Waals surface area contributed by atoms with E-state index in [2.05, 4.69) is 0 Å². The lowest BCUT2D eigenvalue weighted by molar-refractivity contribution is -0.228. The Morgan fingerprint density at radius 1 is 1.00 bits per heavy atom. The minimum Gasteiger partial charge on any atom is -0.384 e. The van der Waals surface area contributed by atoms with Gasteiger partial charge in [-0.3, -0.25) is 0 Å². The van der Waals surface area contributed by atoms with Crippen molar-refractivity contribution in [3.63, 3.8) is 0 Å². The summed E-state index contributed by atoms with van der Waals surface area (Å²) >= 11 is 1.05. The van der Waals surface area contributed by atoms with E-state index in [0.29, 0.717) is 0 Å². The second kappa shape index (κ2) is 4.84. The summed E-state index contributed by atoms with van der Waals surface area (Å²) < 4.78 is 69.8. The fraction of sp³-hybridized carbons (Fsp3) is 1.00. The van der Waals surface area contributed by atoms with Gasteiger partial charge in [0.25, 0.3) is 0 Å². The van der Waals surface area contributed by atoms with Gasteiger partial charge in [-0.15, -0.1) is 0 Å². The monoisotopic (exact) mass is 366 g/mol. The molecule has 0 radical (unpaired) electrons. The van der Waals surface area contributed by atoms with Gasteiger partial charge in [-0.2, -0.15) is 26.3 Å². The average Bonchev–Trinajstić information content (AvgIpc) is 1.98. The highest BCUT2D eigenvalue weighted by atomic mass is 127. The predicted octanol–water partition coefficient (Wildman–Crippen LogP) is 2.42. The molecule has 0 heterocycles. The summed E-state index contributed by atoms with van der Waals surface area (Å²) in [6, 6.07) is 0. The minimum atomic E-state index is -5.03. The molecular weight excluding hydrogens is 357 g/mol. The standard InChI is InChI=1S/C7H9F6IO2/c1-5(14,4(16)7(11,12)13)2-3(15)6(8,9)10/h3-4,15-16H,2H2,1H3. The van der Waals surface area contributed by atoms with Crippen LogP contribution in [0.3, 0.4) is 0 Å². The Kier molecular flexibility index (Phi) is 4.91. The molecule has 0 aliphatic heterocycles. The molecule has 3 atom stereocenters. The van der Waals surface area contributed by atoms with Crippen molar-refractivity contribution in [2.75, 3.05) is 0 Å². The molecule has 0 aromatic carbocycles. The second-order valence-electron chi connectivity index (χ2n) is 3.48. The largest absolute Gasteiger partial charge is 0.415 e. The van der Waals surface area contributed by atoms with Gasteiger partial charge in [-0.05, 0) is 13.3 Å². The van der Waals surface area contributed by atoms with Crippen molar-refractivity contribution in [2.24, 2.45) is 0 Å². The van der Waals surface area contributed by atoms with Crippen LogP contribution in [0.5, 0.6) is 0 Å². The third kappa shape index (κ3) is 4.62. The van der Waals surface area contributed by atoms with E-state index >= 15 is 0 Å². The zero-order valence-corrected chi connectivity index (χ0v) is 10.1. The van der Waals surface area contributed by atoms with Crippen LogP contribution < -0.4 is 0 Å². The fourth-order valence-electron chi connectivity index (χ4n) is 0.947. The van der Waals surface area contributed by atoms with Crippen LogP contribution >= 0.6 is 22.6 Å². The number of alkyl halides is 7. The van der Waals surface area contributed by atoms with E-state index in [4.69, 9.17) is 10.2 Å². The average molecular weight is 366 g/mol. The summed E-state index contributed by atoms with van der Waals surface area (Å²) in [5.74, 6) is 0. The molecule has 0 aliphatic carbocycles. The molecule has 0 fully saturated rings. The Morgan fingerprint density at radius 3 is 1.62 bits per heavy atom. The topological polar surface area (TPSA) is 40.5 Å². The molecular formula is C7H9F6IO2. The molecule has 0 aliphatic rings. The van der Waals surface area contributed by atoms with E-state index < -0.39 is 34.4 Å². The van der Waals surface area contributed by atoms with Gasteiger partial charge in [0.1, 0.15) is 0 Å². The van der Waals surface area contributed by atoms with Crippen molar-refractivity contribution in [3.8, 4) is 0 Å². The van der Waals surface area contributed by atoms with E-state index in [1.165, 1.54) is 0 Å². The van der Waals surface area contributed by atoms with Crippen LogP contribution in [0.1, 0.15) is 13.3 Å². The van der Waals surface area contributed by atoms with Gasteiger partial charge in [-0.25, -0.2) is 0 Å². The highest BCUT2D eigenvalue weighted by molar-refractivity contribution is 14.1. The van der Waals surface area contributed by atoms with Gasteiger partial charge >= 0.3 is 12.4 Å². The van der Waals surface area contributed by atoms with Crippen LogP contribution in [-0.4, -0.2) is 38.2 Å². The highest BCUT2D eigenvalue weighted by Gasteiger charge is 2.52. The third-order valence-corrected chi connectivity index (χ3v) is 2.88. The molecule has 3 unspecified atom stereocenters. The van der Waals surface area contributed by atoms with Crippen LogP contribution in [0.25, 0.3) is 0 Å². The van der Waals surface area contributed by atoms with Crippen LogP contribution in [0.15, 0.2) is 0 Å². The zero-order valence-electron chi connectivity index (χ0n) is 7.90. The second-order valence-corrected chi connectivity index (χ2v) is 5.95. The molecule has 9 heteroatoms. The molecule has 0 rings (SSSR count). The Morgan fingerprint density at radius 2 is 1.38 bits per heavy atom. The number of hydrogen-bond donors (Lipinski definition) is 2. The van der Waals surface area contributed by atoms with E-state index in [0.717, 1.165) is 29.5 Å². The molecule has 0 saturated heterocycles. The summed E-state index contributed by atoms with van der Waals surface area (Å²) in [7, 11) is 0. The lowest BCUT2D eigenvalue weighted by Gasteiger charge is -2.32. The molecule has 2 N–H and O–H groups in total. The molecule has 2 nitrogen and oxygen atoms in total. The highest BCUT2D eigenvalue weighted by Crippen LogP contribution is 2.39. The van der Waals surface area contributed by atoms with Gasteiger partial charge in [0.15, 0.2) is 12.2 Å². The minimum absolute atomic E-state index is 0.792. The molecule has 0 spiro atoms. The first-order valence-electron chi connectivity index (χ1n) is 3.97. The van der Waals surface area contributed by atoms with Crippen LogP contribution in [-0.2, 0) is 0 Å². The molecule has 0 aromatic heterocycles. The normalized spacial score (nSPS) is 21.4. The molecule has 0 aromatic rings.